The zero-order chi connectivity index (χ0) is 22.9. The molecule has 32 heavy (non-hydrogen) atoms. The lowest BCUT2D eigenvalue weighted by Gasteiger charge is -2.51. The van der Waals surface area contributed by atoms with Crippen LogP contribution in [-0.4, -0.2) is 10.2 Å². The molecule has 0 unspecified atom stereocenters. The minimum absolute atomic E-state index is 0.191. The fourth-order valence-electron chi connectivity index (χ4n) is 7.09. The minimum Gasteiger partial charge on any atom is -0.508 e. The summed E-state index contributed by atoms with van der Waals surface area (Å²) in [6.07, 6.45) is 13.7. The van der Waals surface area contributed by atoms with Crippen LogP contribution in [0, 0.1) is 32.6 Å². The van der Waals surface area contributed by atoms with Gasteiger partial charge in [-0.05, 0) is 98.6 Å². The van der Waals surface area contributed by atoms with E-state index in [1.807, 2.05) is 13.0 Å². The minimum atomic E-state index is -0.191. The van der Waals surface area contributed by atoms with Gasteiger partial charge in [-0.15, -0.1) is 0 Å². The highest BCUT2D eigenvalue weighted by atomic mass is 16.3. The molecule has 2 fully saturated rings. The van der Waals surface area contributed by atoms with Crippen molar-refractivity contribution < 1.29 is 10.2 Å². The lowest BCUT2D eigenvalue weighted by molar-refractivity contribution is 0.130. The van der Waals surface area contributed by atoms with E-state index in [1.54, 1.807) is 0 Å². The van der Waals surface area contributed by atoms with Crippen molar-refractivity contribution in [1.82, 2.24) is 0 Å². The Labute approximate surface area is 195 Å². The standard InChI is InChI=1S/C30H42O2/c1-5-23-16-22(4)29(32)27(19-23)30(24-12-8-6-9-13-24,25-14-10-7-11-15-25)26-17-21(3)28(31)18-20(26)2/h16-19,24-25,31-32H,5-15H2,1-4H3. The highest BCUT2D eigenvalue weighted by Gasteiger charge is 2.50. The van der Waals surface area contributed by atoms with Gasteiger partial charge in [0, 0.05) is 11.0 Å². The summed E-state index contributed by atoms with van der Waals surface area (Å²) in [5, 5.41) is 22.2. The smallest absolute Gasteiger partial charge is 0.122 e. The molecule has 2 N–H and O–H groups in total. The third kappa shape index (κ3) is 3.95. The average molecular weight is 435 g/mol. The highest BCUT2D eigenvalue weighted by Crippen LogP contribution is 2.58. The van der Waals surface area contributed by atoms with Crippen LogP contribution < -0.4 is 0 Å². The van der Waals surface area contributed by atoms with E-state index in [4.69, 9.17) is 0 Å². The van der Waals surface area contributed by atoms with Gasteiger partial charge < -0.3 is 10.2 Å². The Bertz CT molecular complexity index is 928. The van der Waals surface area contributed by atoms with Crippen molar-refractivity contribution in [3.8, 4) is 11.5 Å². The number of phenolic OH excluding ortho intramolecular Hbond substituents is 2. The molecule has 2 aromatic rings. The molecule has 2 aliphatic rings. The van der Waals surface area contributed by atoms with E-state index in [-0.39, 0.29) is 5.41 Å². The summed E-state index contributed by atoms with van der Waals surface area (Å²) in [5.74, 6) is 1.94. The molecular weight excluding hydrogens is 392 g/mol. The molecule has 2 nitrogen and oxygen atoms in total. The van der Waals surface area contributed by atoms with Crippen LogP contribution in [0.15, 0.2) is 24.3 Å². The van der Waals surface area contributed by atoms with Gasteiger partial charge in [-0.3, -0.25) is 0 Å². The van der Waals surface area contributed by atoms with Crippen molar-refractivity contribution in [3.63, 3.8) is 0 Å². The molecule has 0 amide bonds. The summed E-state index contributed by atoms with van der Waals surface area (Å²) in [5.41, 5.74) is 6.77. The second kappa shape index (κ2) is 9.49. The largest absolute Gasteiger partial charge is 0.508 e. The van der Waals surface area contributed by atoms with Crippen LogP contribution in [0.25, 0.3) is 0 Å². The number of hydrogen-bond acceptors (Lipinski definition) is 2. The van der Waals surface area contributed by atoms with Gasteiger partial charge >= 0.3 is 0 Å². The van der Waals surface area contributed by atoms with Gasteiger partial charge in [-0.25, -0.2) is 0 Å². The molecule has 0 radical (unpaired) electrons. The fraction of sp³-hybridized carbons (Fsp3) is 0.600. The number of rotatable bonds is 5. The van der Waals surface area contributed by atoms with Gasteiger partial charge in [-0.2, -0.15) is 0 Å². The monoisotopic (exact) mass is 434 g/mol. The van der Waals surface area contributed by atoms with Crippen molar-refractivity contribution >= 4 is 0 Å². The predicted octanol–water partition coefficient (Wildman–Crippen LogP) is 8.03. The normalized spacial score (nSPS) is 18.8. The molecule has 4 rings (SSSR count). The van der Waals surface area contributed by atoms with E-state index >= 15 is 0 Å². The number of phenols is 2. The first-order valence-corrected chi connectivity index (χ1v) is 13.0. The first-order valence-electron chi connectivity index (χ1n) is 13.0. The first kappa shape index (κ1) is 23.2. The second-order valence-electron chi connectivity index (χ2n) is 10.7. The molecule has 2 saturated carbocycles. The van der Waals surface area contributed by atoms with Gasteiger partial charge in [0.25, 0.3) is 0 Å². The highest BCUT2D eigenvalue weighted by molar-refractivity contribution is 5.57. The molecule has 2 aromatic carbocycles. The predicted molar refractivity (Wildman–Crippen MR) is 134 cm³/mol. The average Bonchev–Trinajstić information content (AvgIpc) is 2.81. The van der Waals surface area contributed by atoms with E-state index in [0.29, 0.717) is 23.3 Å². The van der Waals surface area contributed by atoms with Gasteiger partial charge in [0.1, 0.15) is 11.5 Å². The lowest BCUT2D eigenvalue weighted by Crippen LogP contribution is -2.46. The summed E-state index contributed by atoms with van der Waals surface area (Å²) in [6.45, 7) is 8.48. The summed E-state index contributed by atoms with van der Waals surface area (Å²) >= 11 is 0. The molecule has 0 bridgehead atoms. The molecule has 0 saturated heterocycles. The maximum atomic E-state index is 11.6. The number of benzene rings is 2. The summed E-state index contributed by atoms with van der Waals surface area (Å²) in [7, 11) is 0. The molecule has 0 aliphatic heterocycles. The van der Waals surface area contributed by atoms with Crippen molar-refractivity contribution in [1.29, 1.82) is 0 Å². The maximum absolute atomic E-state index is 11.6. The van der Waals surface area contributed by atoms with Gasteiger partial charge in [0.05, 0.1) is 0 Å². The molecule has 0 aromatic heterocycles. The second-order valence-corrected chi connectivity index (χ2v) is 10.7. The summed E-state index contributed by atoms with van der Waals surface area (Å²) in [4.78, 5) is 0. The summed E-state index contributed by atoms with van der Waals surface area (Å²) in [6, 6.07) is 8.74. The SMILES string of the molecule is CCc1cc(C)c(O)c(C(c2cc(C)c(O)cc2C)(C2CCCCC2)C2CCCCC2)c1. The van der Waals surface area contributed by atoms with Crippen LogP contribution in [0.1, 0.15) is 105 Å². The van der Waals surface area contributed by atoms with E-state index in [0.717, 1.165) is 17.5 Å². The van der Waals surface area contributed by atoms with Crippen LogP contribution in [0.2, 0.25) is 0 Å². The van der Waals surface area contributed by atoms with Crippen LogP contribution in [0.4, 0.5) is 0 Å². The van der Waals surface area contributed by atoms with E-state index < -0.39 is 0 Å². The number of aryl methyl sites for hydroxylation is 4. The van der Waals surface area contributed by atoms with Gasteiger partial charge in [0.15, 0.2) is 0 Å². The molecular formula is C30H42O2. The Morgan fingerprint density at radius 2 is 1.25 bits per heavy atom. The quantitative estimate of drug-likeness (QED) is 0.500. The molecule has 2 heteroatoms. The van der Waals surface area contributed by atoms with Crippen LogP contribution in [-0.2, 0) is 11.8 Å². The van der Waals surface area contributed by atoms with Crippen molar-refractivity contribution in [2.75, 3.05) is 0 Å². The maximum Gasteiger partial charge on any atom is 0.122 e. The third-order valence-corrected chi connectivity index (χ3v) is 8.70. The summed E-state index contributed by atoms with van der Waals surface area (Å²) < 4.78 is 0. The van der Waals surface area contributed by atoms with Crippen LogP contribution >= 0.6 is 0 Å². The lowest BCUT2D eigenvalue weighted by atomic mass is 9.52. The molecule has 2 aliphatic carbocycles. The van der Waals surface area contributed by atoms with Crippen LogP contribution in [0.3, 0.4) is 0 Å². The zero-order valence-electron chi connectivity index (χ0n) is 20.6. The van der Waals surface area contributed by atoms with Crippen molar-refractivity contribution in [2.45, 2.75) is 104 Å². The van der Waals surface area contributed by atoms with E-state index in [1.165, 1.54) is 86.5 Å². The molecule has 174 valence electrons. The Balaban J connectivity index is 2.08. The topological polar surface area (TPSA) is 40.5 Å². The van der Waals surface area contributed by atoms with Gasteiger partial charge in [0.2, 0.25) is 0 Å². The van der Waals surface area contributed by atoms with Crippen LogP contribution in [0.5, 0.6) is 11.5 Å². The zero-order valence-corrected chi connectivity index (χ0v) is 20.6. The van der Waals surface area contributed by atoms with Crippen molar-refractivity contribution in [2.24, 2.45) is 11.8 Å². The Hall–Kier alpha value is -1.96. The Kier molecular flexibility index (Phi) is 6.89. The van der Waals surface area contributed by atoms with Crippen molar-refractivity contribution in [3.05, 3.63) is 57.6 Å². The number of hydrogen-bond donors (Lipinski definition) is 2. The first-order chi connectivity index (χ1) is 15.4. The molecule has 0 atom stereocenters. The Morgan fingerprint density at radius 1 is 0.688 bits per heavy atom. The van der Waals surface area contributed by atoms with Gasteiger partial charge in [-0.1, -0.05) is 63.6 Å². The van der Waals surface area contributed by atoms with E-state index in [2.05, 4.69) is 39.0 Å². The molecule has 0 heterocycles. The van der Waals surface area contributed by atoms with E-state index in [9.17, 15) is 10.2 Å². The third-order valence-electron chi connectivity index (χ3n) is 8.70. The fourth-order valence-corrected chi connectivity index (χ4v) is 7.09. The Morgan fingerprint density at radius 3 is 1.78 bits per heavy atom. The molecule has 0 spiro atoms. The number of aromatic hydroxyl groups is 2.